The summed E-state index contributed by atoms with van der Waals surface area (Å²) in [6.45, 7) is 1.75. The van der Waals surface area contributed by atoms with E-state index in [9.17, 15) is 19.2 Å². The summed E-state index contributed by atoms with van der Waals surface area (Å²) in [7, 11) is 0. The molecule has 126 valence electrons. The van der Waals surface area contributed by atoms with Gasteiger partial charge in [-0.25, -0.2) is 0 Å². The summed E-state index contributed by atoms with van der Waals surface area (Å²) in [6.07, 6.45) is 0.375. The Morgan fingerprint density at radius 1 is 0.773 bits per heavy atom. The van der Waals surface area contributed by atoms with Crippen LogP contribution in [0.3, 0.4) is 0 Å². The summed E-state index contributed by atoms with van der Waals surface area (Å²) in [6, 6.07) is 0. The van der Waals surface area contributed by atoms with E-state index in [0.29, 0.717) is 6.42 Å². The minimum atomic E-state index is -1.25. The van der Waals surface area contributed by atoms with E-state index < -0.39 is 48.1 Å². The number of carboxylic acid groups (broad SMARTS) is 4. The van der Waals surface area contributed by atoms with Gasteiger partial charge in [-0.3, -0.25) is 19.2 Å². The number of aliphatic carboxylic acids is 4. The van der Waals surface area contributed by atoms with Crippen LogP contribution in [0.5, 0.6) is 0 Å². The fourth-order valence-corrected chi connectivity index (χ4v) is 2.41. The number of carboxylic acids is 4. The molecule has 0 heterocycles. The Morgan fingerprint density at radius 3 is 1.64 bits per heavy atom. The van der Waals surface area contributed by atoms with Crippen LogP contribution in [0.15, 0.2) is 0 Å². The lowest BCUT2D eigenvalue weighted by atomic mass is 9.84. The molecule has 0 saturated carbocycles. The first-order valence-corrected chi connectivity index (χ1v) is 7.10. The lowest BCUT2D eigenvalue weighted by Crippen LogP contribution is -2.30. The topological polar surface area (TPSA) is 149 Å². The predicted octanol–water partition coefficient (Wildman–Crippen LogP) is 1.53. The first-order valence-electron chi connectivity index (χ1n) is 7.10. The second-order valence-electron chi connectivity index (χ2n) is 5.24. The third-order valence-corrected chi connectivity index (χ3v) is 3.56. The van der Waals surface area contributed by atoms with E-state index in [1.165, 1.54) is 0 Å². The van der Waals surface area contributed by atoms with E-state index in [4.69, 9.17) is 20.4 Å². The van der Waals surface area contributed by atoms with Gasteiger partial charge in [0.2, 0.25) is 0 Å². The van der Waals surface area contributed by atoms with Crippen molar-refractivity contribution in [3.63, 3.8) is 0 Å². The summed E-state index contributed by atoms with van der Waals surface area (Å²) in [5, 5.41) is 35.8. The van der Waals surface area contributed by atoms with E-state index in [2.05, 4.69) is 0 Å². The normalized spacial score (nSPS) is 14.8. The number of carbonyl (C=O) groups is 4. The van der Waals surface area contributed by atoms with Crippen molar-refractivity contribution in [2.45, 2.75) is 45.4 Å². The molecule has 22 heavy (non-hydrogen) atoms. The standard InChI is InChI=1S/C14H22O8/c1-2-4-9(13(19)20)10(14(21)22)6-3-5-8(12(17)18)7-11(15)16/h8-10H,2-7H2,1H3,(H,15,16)(H,17,18)(H,19,20)(H,21,22). The Bertz CT molecular complexity index is 417. The van der Waals surface area contributed by atoms with Gasteiger partial charge >= 0.3 is 23.9 Å². The molecule has 0 aliphatic rings. The molecule has 0 radical (unpaired) electrons. The summed E-state index contributed by atoms with van der Waals surface area (Å²) in [5.74, 6) is -8.13. The molecule has 3 unspecified atom stereocenters. The second kappa shape index (κ2) is 9.75. The molecule has 0 rings (SSSR count). The smallest absolute Gasteiger partial charge is 0.307 e. The molecule has 0 amide bonds. The molecule has 8 nitrogen and oxygen atoms in total. The maximum absolute atomic E-state index is 11.2. The van der Waals surface area contributed by atoms with E-state index in [1.807, 2.05) is 0 Å². The zero-order chi connectivity index (χ0) is 17.3. The van der Waals surface area contributed by atoms with Gasteiger partial charge in [0, 0.05) is 0 Å². The van der Waals surface area contributed by atoms with Crippen LogP contribution < -0.4 is 0 Å². The molecule has 3 atom stereocenters. The van der Waals surface area contributed by atoms with Crippen molar-refractivity contribution >= 4 is 23.9 Å². The van der Waals surface area contributed by atoms with Gasteiger partial charge in [0.05, 0.1) is 24.2 Å². The average Bonchev–Trinajstić information content (AvgIpc) is 2.39. The minimum Gasteiger partial charge on any atom is -0.481 e. The monoisotopic (exact) mass is 318 g/mol. The Balaban J connectivity index is 4.70. The van der Waals surface area contributed by atoms with Crippen LogP contribution in [-0.4, -0.2) is 44.3 Å². The predicted molar refractivity (Wildman–Crippen MR) is 74.4 cm³/mol. The summed E-state index contributed by atoms with van der Waals surface area (Å²) in [4.78, 5) is 43.9. The van der Waals surface area contributed by atoms with Crippen LogP contribution in [0.25, 0.3) is 0 Å². The lowest BCUT2D eigenvalue weighted by Gasteiger charge is -2.20. The van der Waals surface area contributed by atoms with E-state index in [1.54, 1.807) is 6.92 Å². The third-order valence-electron chi connectivity index (χ3n) is 3.56. The van der Waals surface area contributed by atoms with E-state index in [-0.39, 0.29) is 25.7 Å². The third kappa shape index (κ3) is 7.05. The molecule has 4 N–H and O–H groups in total. The fraction of sp³-hybridized carbons (Fsp3) is 0.714. The van der Waals surface area contributed by atoms with Crippen molar-refractivity contribution in [1.82, 2.24) is 0 Å². The highest BCUT2D eigenvalue weighted by Gasteiger charge is 2.33. The fourth-order valence-electron chi connectivity index (χ4n) is 2.41. The molecule has 0 aromatic heterocycles. The maximum Gasteiger partial charge on any atom is 0.307 e. The Hall–Kier alpha value is -2.12. The highest BCUT2D eigenvalue weighted by molar-refractivity contribution is 5.80. The Kier molecular flexibility index (Phi) is 8.81. The first kappa shape index (κ1) is 19.9. The Labute approximate surface area is 127 Å². The first-order chi connectivity index (χ1) is 10.2. The van der Waals surface area contributed by atoms with Gasteiger partial charge in [-0.2, -0.15) is 0 Å². The van der Waals surface area contributed by atoms with Gasteiger partial charge in [0.25, 0.3) is 0 Å². The van der Waals surface area contributed by atoms with Crippen LogP contribution in [-0.2, 0) is 19.2 Å². The van der Waals surface area contributed by atoms with Gasteiger partial charge in [-0.05, 0) is 19.3 Å². The van der Waals surface area contributed by atoms with E-state index in [0.717, 1.165) is 0 Å². The second-order valence-corrected chi connectivity index (χ2v) is 5.24. The van der Waals surface area contributed by atoms with Crippen molar-refractivity contribution in [2.24, 2.45) is 17.8 Å². The molecule has 0 aliphatic carbocycles. The summed E-state index contributed by atoms with van der Waals surface area (Å²) >= 11 is 0. The molecular formula is C14H22O8. The molecule has 0 aliphatic heterocycles. The van der Waals surface area contributed by atoms with Crippen LogP contribution in [0.2, 0.25) is 0 Å². The highest BCUT2D eigenvalue weighted by Crippen LogP contribution is 2.25. The van der Waals surface area contributed by atoms with Gasteiger partial charge in [-0.1, -0.05) is 19.8 Å². The zero-order valence-electron chi connectivity index (χ0n) is 12.4. The maximum atomic E-state index is 11.2. The van der Waals surface area contributed by atoms with Crippen LogP contribution in [0.4, 0.5) is 0 Å². The molecule has 0 spiro atoms. The SMILES string of the molecule is CCCC(C(=O)O)C(CCCC(CC(=O)O)C(=O)O)C(=O)O. The molecule has 0 bridgehead atoms. The quantitative estimate of drug-likeness (QED) is 0.423. The molecule has 0 fully saturated rings. The van der Waals surface area contributed by atoms with Crippen LogP contribution >= 0.6 is 0 Å². The number of hydrogen-bond acceptors (Lipinski definition) is 4. The van der Waals surface area contributed by atoms with Gasteiger partial charge < -0.3 is 20.4 Å². The van der Waals surface area contributed by atoms with Crippen molar-refractivity contribution in [1.29, 1.82) is 0 Å². The van der Waals surface area contributed by atoms with Crippen molar-refractivity contribution in [3.05, 3.63) is 0 Å². The summed E-state index contributed by atoms with van der Waals surface area (Å²) < 4.78 is 0. The lowest BCUT2D eigenvalue weighted by molar-refractivity contribution is -0.154. The van der Waals surface area contributed by atoms with Crippen molar-refractivity contribution in [3.8, 4) is 0 Å². The van der Waals surface area contributed by atoms with Crippen molar-refractivity contribution in [2.75, 3.05) is 0 Å². The zero-order valence-corrected chi connectivity index (χ0v) is 12.4. The molecule has 8 heteroatoms. The highest BCUT2D eigenvalue weighted by atomic mass is 16.4. The van der Waals surface area contributed by atoms with Gasteiger partial charge in [-0.15, -0.1) is 0 Å². The van der Waals surface area contributed by atoms with Crippen LogP contribution in [0.1, 0.15) is 45.4 Å². The number of rotatable bonds is 12. The molecule has 0 saturated heterocycles. The van der Waals surface area contributed by atoms with Crippen molar-refractivity contribution < 1.29 is 39.6 Å². The minimum absolute atomic E-state index is 0.00385. The Morgan fingerprint density at radius 2 is 1.27 bits per heavy atom. The molecular weight excluding hydrogens is 296 g/mol. The molecule has 0 aromatic carbocycles. The van der Waals surface area contributed by atoms with Gasteiger partial charge in [0.15, 0.2) is 0 Å². The molecule has 0 aromatic rings. The largest absolute Gasteiger partial charge is 0.481 e. The van der Waals surface area contributed by atoms with E-state index >= 15 is 0 Å². The summed E-state index contributed by atoms with van der Waals surface area (Å²) in [5.41, 5.74) is 0. The number of hydrogen-bond donors (Lipinski definition) is 4. The van der Waals surface area contributed by atoms with Crippen LogP contribution in [0, 0.1) is 17.8 Å². The average molecular weight is 318 g/mol. The van der Waals surface area contributed by atoms with Gasteiger partial charge in [0.1, 0.15) is 0 Å².